The van der Waals surface area contributed by atoms with Gasteiger partial charge in [0.1, 0.15) is 0 Å². The fourth-order valence-electron chi connectivity index (χ4n) is 4.55. The van der Waals surface area contributed by atoms with Crippen molar-refractivity contribution >= 4 is 11.4 Å². The van der Waals surface area contributed by atoms with Crippen LogP contribution in [0.25, 0.3) is 0 Å². The van der Waals surface area contributed by atoms with Crippen LogP contribution >= 0.6 is 0 Å². The molecular weight excluding hydrogens is 621 g/mol. The van der Waals surface area contributed by atoms with E-state index in [0.29, 0.717) is 35.8 Å². The van der Waals surface area contributed by atoms with Gasteiger partial charge in [0.2, 0.25) is 0 Å². The molecule has 3 nitrogen and oxygen atoms in total. The first-order valence-corrected chi connectivity index (χ1v) is 13.0. The number of benzene rings is 2. The number of rotatable bonds is 12. The molecule has 0 fully saturated rings. The number of hydrogen-bond donors (Lipinski definition) is 3. The van der Waals surface area contributed by atoms with Crippen molar-refractivity contribution in [2.45, 2.75) is 105 Å². The summed E-state index contributed by atoms with van der Waals surface area (Å²) in [5.74, 6) is 2.03. The van der Waals surface area contributed by atoms with Crippen molar-refractivity contribution in [2.75, 3.05) is 23.7 Å². The number of para-hydroxylation sites is 2. The minimum absolute atomic E-state index is 0. The Kier molecular flexibility index (Phi) is 18.7. The van der Waals surface area contributed by atoms with E-state index in [2.05, 4.69) is 122 Å². The molecule has 0 aliphatic carbocycles. The van der Waals surface area contributed by atoms with Gasteiger partial charge in [-0.15, -0.1) is 0 Å². The summed E-state index contributed by atoms with van der Waals surface area (Å²) >= 11 is 0. The molecule has 0 bridgehead atoms. The quantitative estimate of drug-likeness (QED) is 0.324. The molecule has 1 radical (unpaired) electrons. The van der Waals surface area contributed by atoms with Crippen LogP contribution in [0.3, 0.4) is 0 Å². The van der Waals surface area contributed by atoms with Crippen molar-refractivity contribution in [1.29, 1.82) is 0 Å². The first-order chi connectivity index (χ1) is 15.5. The van der Waals surface area contributed by atoms with Gasteiger partial charge < -0.3 is 49.9 Å². The summed E-state index contributed by atoms with van der Waals surface area (Å²) in [5.41, 5.74) is 8.30. The van der Waals surface area contributed by atoms with E-state index in [1.165, 1.54) is 33.6 Å². The van der Waals surface area contributed by atoms with E-state index in [1.807, 2.05) is 0 Å². The molecule has 0 aliphatic heterocycles. The van der Waals surface area contributed by atoms with Crippen LogP contribution in [0.5, 0.6) is 0 Å². The van der Waals surface area contributed by atoms with Crippen LogP contribution in [0.15, 0.2) is 36.4 Å². The Labute approximate surface area is 253 Å². The zero-order valence-electron chi connectivity index (χ0n) is 23.9. The molecule has 2 atom stereocenters. The topological polar surface area (TPSA) is 36.1 Å². The van der Waals surface area contributed by atoms with Crippen molar-refractivity contribution in [3.63, 3.8) is 0 Å². The Morgan fingerprint density at radius 1 is 0.500 bits per heavy atom. The second-order valence-electron chi connectivity index (χ2n) is 11.0. The van der Waals surface area contributed by atoms with Crippen LogP contribution in [-0.2, 0) is 16.8 Å². The van der Waals surface area contributed by atoms with Gasteiger partial charge in [-0.25, -0.2) is 0 Å². The zero-order chi connectivity index (χ0) is 24.7. The predicted octanol–water partition coefficient (Wildman–Crippen LogP) is 2.08. The van der Waals surface area contributed by atoms with E-state index < -0.39 is 0 Å². The molecule has 2 aromatic rings. The minimum atomic E-state index is 0. The third-order valence-corrected chi connectivity index (χ3v) is 6.43. The standard InChI is InChI=1S/C30H49N3.2BrH.Co/c1-19(2)25-13-11-14-26(20(3)4)29(25)32-23(9)17-31-18-24(10)33-30-27(21(5)6)15-12-16-28(30)22(7)8;;;/h11-16,19-24,31-33H,17-18H2,1-10H3;2*1H;/q;;;+2/p-2. The van der Waals surface area contributed by atoms with Gasteiger partial charge in [-0.2, -0.15) is 0 Å². The van der Waals surface area contributed by atoms with E-state index in [4.69, 9.17) is 0 Å². The van der Waals surface area contributed by atoms with Gasteiger partial charge in [0.05, 0.1) is 0 Å². The molecule has 0 amide bonds. The third kappa shape index (κ3) is 10.7. The maximum Gasteiger partial charge on any atom is 2.00 e. The van der Waals surface area contributed by atoms with Crippen molar-refractivity contribution < 1.29 is 50.7 Å². The van der Waals surface area contributed by atoms with Crippen molar-refractivity contribution in [2.24, 2.45) is 0 Å². The summed E-state index contributed by atoms with van der Waals surface area (Å²) in [4.78, 5) is 0. The van der Waals surface area contributed by atoms with Gasteiger partial charge in [-0.3, -0.25) is 0 Å². The largest absolute Gasteiger partial charge is 2.00 e. The average molecular weight is 670 g/mol. The van der Waals surface area contributed by atoms with Gasteiger partial charge in [-0.05, 0) is 59.8 Å². The maximum atomic E-state index is 3.83. The van der Waals surface area contributed by atoms with Crippen LogP contribution in [0.4, 0.5) is 11.4 Å². The number of nitrogens with one attached hydrogen (secondary N) is 3. The Morgan fingerprint density at radius 3 is 0.972 bits per heavy atom. The molecule has 36 heavy (non-hydrogen) atoms. The molecule has 0 saturated heterocycles. The summed E-state index contributed by atoms with van der Waals surface area (Å²) < 4.78 is 0. The van der Waals surface area contributed by atoms with E-state index in [9.17, 15) is 0 Å². The number of halogens is 2. The van der Waals surface area contributed by atoms with Gasteiger partial charge in [0.25, 0.3) is 0 Å². The van der Waals surface area contributed by atoms with Crippen LogP contribution in [0.1, 0.15) is 115 Å². The van der Waals surface area contributed by atoms with Gasteiger partial charge >= 0.3 is 16.8 Å². The molecular formula is C30H49Br2CoN3. The van der Waals surface area contributed by atoms with E-state index in [0.717, 1.165) is 13.1 Å². The van der Waals surface area contributed by atoms with Crippen LogP contribution < -0.4 is 49.9 Å². The van der Waals surface area contributed by atoms with Gasteiger partial charge in [-0.1, -0.05) is 91.8 Å². The fourth-order valence-corrected chi connectivity index (χ4v) is 4.55. The zero-order valence-corrected chi connectivity index (χ0v) is 28.1. The first kappa shape index (κ1) is 37.6. The van der Waals surface area contributed by atoms with Crippen molar-refractivity contribution in [3.05, 3.63) is 58.7 Å². The molecule has 207 valence electrons. The number of anilines is 2. The fraction of sp³-hybridized carbons (Fsp3) is 0.600. The summed E-state index contributed by atoms with van der Waals surface area (Å²) in [7, 11) is 0. The normalized spacial score (nSPS) is 12.6. The van der Waals surface area contributed by atoms with Crippen LogP contribution in [0.2, 0.25) is 0 Å². The molecule has 2 rings (SSSR count). The van der Waals surface area contributed by atoms with E-state index >= 15 is 0 Å². The Balaban J connectivity index is 0. The molecule has 3 N–H and O–H groups in total. The molecule has 0 heterocycles. The Hall–Kier alpha value is -0.534. The molecule has 2 unspecified atom stereocenters. The average Bonchev–Trinajstić information content (AvgIpc) is 2.73. The van der Waals surface area contributed by atoms with E-state index in [-0.39, 0.29) is 50.7 Å². The van der Waals surface area contributed by atoms with Gasteiger partial charge in [0, 0.05) is 36.5 Å². The molecule has 0 spiro atoms. The summed E-state index contributed by atoms with van der Waals surface area (Å²) in [6.45, 7) is 24.6. The summed E-state index contributed by atoms with van der Waals surface area (Å²) in [5, 5.41) is 11.4. The van der Waals surface area contributed by atoms with E-state index in [1.54, 1.807) is 0 Å². The Bertz CT molecular complexity index is 760. The SMILES string of the molecule is CC(CNCC(C)Nc1c(C(C)C)cccc1C(C)C)Nc1c(C(C)C)cccc1C(C)C.[Br-].[Br-].[Co+2]. The predicted molar refractivity (Wildman–Crippen MR) is 148 cm³/mol. The molecule has 0 saturated carbocycles. The first-order valence-electron chi connectivity index (χ1n) is 13.0. The summed E-state index contributed by atoms with van der Waals surface area (Å²) in [6.07, 6.45) is 0. The monoisotopic (exact) mass is 668 g/mol. The molecule has 0 aromatic heterocycles. The smallest absolute Gasteiger partial charge is 1.00 e. The molecule has 0 aliphatic rings. The van der Waals surface area contributed by atoms with Crippen molar-refractivity contribution in [3.8, 4) is 0 Å². The Morgan fingerprint density at radius 2 is 0.750 bits per heavy atom. The van der Waals surface area contributed by atoms with Gasteiger partial charge in [0.15, 0.2) is 0 Å². The third-order valence-electron chi connectivity index (χ3n) is 6.43. The van der Waals surface area contributed by atoms with Crippen molar-refractivity contribution in [1.82, 2.24) is 5.32 Å². The maximum absolute atomic E-state index is 3.83. The van der Waals surface area contributed by atoms with Crippen LogP contribution in [0, 0.1) is 0 Å². The molecule has 6 heteroatoms. The molecule has 2 aromatic carbocycles. The van der Waals surface area contributed by atoms with Crippen LogP contribution in [-0.4, -0.2) is 25.2 Å². The minimum Gasteiger partial charge on any atom is -1.00 e. The second-order valence-corrected chi connectivity index (χ2v) is 11.0. The second kappa shape index (κ2) is 17.9. The summed E-state index contributed by atoms with van der Waals surface area (Å²) in [6, 6.07) is 14.2. The number of hydrogen-bond acceptors (Lipinski definition) is 3.